The number of likely N-dealkylation sites (N-methyl/N-ethyl adjacent to an activating group) is 1. The van der Waals surface area contributed by atoms with Gasteiger partial charge in [0.15, 0.2) is 0 Å². The van der Waals surface area contributed by atoms with Gasteiger partial charge in [-0.3, -0.25) is 9.59 Å². The summed E-state index contributed by atoms with van der Waals surface area (Å²) in [5.41, 5.74) is 0. The van der Waals surface area contributed by atoms with Gasteiger partial charge in [0.1, 0.15) is 17.6 Å². The van der Waals surface area contributed by atoms with E-state index in [0.717, 1.165) is 37.7 Å². The standard InChI is InChI=1S/C16H23N3O3/c1-12-3-4-13(22-12)11-19-14(5-6-15(19)20)16(21)18-9-7-17(2)8-10-18/h3-4,14H,5-11H2,1-2H3/t14-/m0/s1. The molecule has 0 bridgehead atoms. The van der Waals surface area contributed by atoms with Crippen LogP contribution in [-0.4, -0.2) is 65.8 Å². The lowest BCUT2D eigenvalue weighted by Crippen LogP contribution is -2.53. The second kappa shape index (κ2) is 6.12. The van der Waals surface area contributed by atoms with Crippen LogP contribution in [0.1, 0.15) is 24.4 Å². The molecule has 2 aliphatic heterocycles. The summed E-state index contributed by atoms with van der Waals surface area (Å²) in [7, 11) is 2.06. The number of nitrogens with zero attached hydrogens (tertiary/aromatic N) is 3. The van der Waals surface area contributed by atoms with E-state index in [0.29, 0.717) is 19.4 Å². The number of carbonyl (C=O) groups excluding carboxylic acids is 2. The maximum Gasteiger partial charge on any atom is 0.245 e. The van der Waals surface area contributed by atoms with Crippen LogP contribution in [0, 0.1) is 6.92 Å². The first-order chi connectivity index (χ1) is 10.5. The van der Waals surface area contributed by atoms with Crippen molar-refractivity contribution < 1.29 is 14.0 Å². The van der Waals surface area contributed by atoms with Gasteiger partial charge in [-0.1, -0.05) is 0 Å². The molecule has 2 fully saturated rings. The van der Waals surface area contributed by atoms with E-state index in [2.05, 4.69) is 11.9 Å². The van der Waals surface area contributed by atoms with Gasteiger partial charge >= 0.3 is 0 Å². The van der Waals surface area contributed by atoms with Gasteiger partial charge in [0, 0.05) is 32.6 Å². The molecular weight excluding hydrogens is 282 g/mol. The van der Waals surface area contributed by atoms with E-state index in [9.17, 15) is 9.59 Å². The van der Waals surface area contributed by atoms with Crippen LogP contribution in [0.4, 0.5) is 0 Å². The van der Waals surface area contributed by atoms with Crippen LogP contribution in [-0.2, 0) is 16.1 Å². The predicted molar refractivity (Wildman–Crippen MR) is 81.1 cm³/mol. The van der Waals surface area contributed by atoms with Crippen molar-refractivity contribution in [3.8, 4) is 0 Å². The molecular formula is C16H23N3O3. The molecule has 0 N–H and O–H groups in total. The van der Waals surface area contributed by atoms with Crippen molar-refractivity contribution in [2.75, 3.05) is 33.2 Å². The number of aryl methyl sites for hydroxylation is 1. The van der Waals surface area contributed by atoms with E-state index in [-0.39, 0.29) is 17.9 Å². The summed E-state index contributed by atoms with van der Waals surface area (Å²) in [5, 5.41) is 0. The van der Waals surface area contributed by atoms with E-state index in [1.807, 2.05) is 24.0 Å². The van der Waals surface area contributed by atoms with Gasteiger partial charge in [-0.05, 0) is 32.5 Å². The van der Waals surface area contributed by atoms with Crippen LogP contribution in [0.15, 0.2) is 16.5 Å². The van der Waals surface area contributed by atoms with Crippen molar-refractivity contribution in [2.24, 2.45) is 0 Å². The van der Waals surface area contributed by atoms with E-state index >= 15 is 0 Å². The molecule has 1 aromatic rings. The molecule has 6 heteroatoms. The third-order valence-electron chi connectivity index (χ3n) is 4.55. The van der Waals surface area contributed by atoms with E-state index in [1.54, 1.807) is 4.90 Å². The maximum absolute atomic E-state index is 12.7. The highest BCUT2D eigenvalue weighted by Gasteiger charge is 2.39. The van der Waals surface area contributed by atoms with E-state index in [4.69, 9.17) is 4.42 Å². The first-order valence-electron chi connectivity index (χ1n) is 7.86. The van der Waals surface area contributed by atoms with E-state index in [1.165, 1.54) is 0 Å². The molecule has 1 atom stereocenters. The minimum atomic E-state index is -0.332. The molecule has 3 heterocycles. The Morgan fingerprint density at radius 2 is 2.00 bits per heavy atom. The molecule has 2 amide bonds. The molecule has 2 aliphatic rings. The van der Waals surface area contributed by atoms with Gasteiger partial charge in [0.2, 0.25) is 11.8 Å². The number of carbonyl (C=O) groups is 2. The second-order valence-electron chi connectivity index (χ2n) is 6.22. The summed E-state index contributed by atoms with van der Waals surface area (Å²) < 4.78 is 5.56. The SMILES string of the molecule is Cc1ccc(CN2C(=O)CC[C@H]2C(=O)N2CCN(C)CC2)o1. The maximum atomic E-state index is 12.7. The first-order valence-corrected chi connectivity index (χ1v) is 7.86. The van der Waals surface area contributed by atoms with E-state index < -0.39 is 0 Å². The Morgan fingerprint density at radius 1 is 1.27 bits per heavy atom. The Labute approximate surface area is 130 Å². The monoisotopic (exact) mass is 305 g/mol. The third kappa shape index (κ3) is 3.02. The van der Waals surface area contributed by atoms with Crippen LogP contribution >= 0.6 is 0 Å². The third-order valence-corrected chi connectivity index (χ3v) is 4.55. The number of hydrogen-bond donors (Lipinski definition) is 0. The molecule has 0 spiro atoms. The molecule has 1 aromatic heterocycles. The number of piperazine rings is 1. The van der Waals surface area contributed by atoms with Crippen LogP contribution in [0.3, 0.4) is 0 Å². The molecule has 0 unspecified atom stereocenters. The lowest BCUT2D eigenvalue weighted by atomic mass is 10.1. The van der Waals surface area contributed by atoms with Crippen molar-refractivity contribution in [3.05, 3.63) is 23.7 Å². The fourth-order valence-electron chi connectivity index (χ4n) is 3.16. The Kier molecular flexibility index (Phi) is 4.20. The van der Waals surface area contributed by atoms with Crippen molar-refractivity contribution >= 4 is 11.8 Å². The van der Waals surface area contributed by atoms with Gasteiger partial charge in [-0.15, -0.1) is 0 Å². The van der Waals surface area contributed by atoms with Crippen LogP contribution in [0.2, 0.25) is 0 Å². The minimum absolute atomic E-state index is 0.0431. The van der Waals surface area contributed by atoms with Crippen LogP contribution < -0.4 is 0 Å². The van der Waals surface area contributed by atoms with Crippen molar-refractivity contribution in [1.82, 2.24) is 14.7 Å². The highest BCUT2D eigenvalue weighted by Crippen LogP contribution is 2.24. The quantitative estimate of drug-likeness (QED) is 0.831. The highest BCUT2D eigenvalue weighted by atomic mass is 16.3. The van der Waals surface area contributed by atoms with Gasteiger partial charge in [0.25, 0.3) is 0 Å². The van der Waals surface area contributed by atoms with Crippen LogP contribution in [0.25, 0.3) is 0 Å². The van der Waals surface area contributed by atoms with Crippen LogP contribution in [0.5, 0.6) is 0 Å². The molecule has 6 nitrogen and oxygen atoms in total. The van der Waals surface area contributed by atoms with Gasteiger partial charge in [-0.25, -0.2) is 0 Å². The summed E-state index contributed by atoms with van der Waals surface area (Å²) in [6.45, 7) is 5.54. The molecule has 0 aliphatic carbocycles. The zero-order chi connectivity index (χ0) is 15.7. The summed E-state index contributed by atoms with van der Waals surface area (Å²) in [6.07, 6.45) is 1.06. The molecule has 22 heavy (non-hydrogen) atoms. The number of hydrogen-bond acceptors (Lipinski definition) is 4. The summed E-state index contributed by atoms with van der Waals surface area (Å²) in [4.78, 5) is 30.7. The second-order valence-corrected chi connectivity index (χ2v) is 6.22. The van der Waals surface area contributed by atoms with Crippen molar-refractivity contribution in [3.63, 3.8) is 0 Å². The normalized spacial score (nSPS) is 23.4. The van der Waals surface area contributed by atoms with Gasteiger partial charge in [0.05, 0.1) is 6.54 Å². The molecule has 2 saturated heterocycles. The molecule has 0 saturated carbocycles. The Bertz CT molecular complexity index is 561. The molecule has 3 rings (SSSR count). The number of furan rings is 1. The zero-order valence-corrected chi connectivity index (χ0v) is 13.2. The minimum Gasteiger partial charge on any atom is -0.464 e. The highest BCUT2D eigenvalue weighted by molar-refractivity contribution is 5.91. The zero-order valence-electron chi connectivity index (χ0n) is 13.2. The van der Waals surface area contributed by atoms with Crippen molar-refractivity contribution in [1.29, 1.82) is 0 Å². The summed E-state index contributed by atoms with van der Waals surface area (Å²) in [5.74, 6) is 1.69. The fraction of sp³-hybridized carbons (Fsp3) is 0.625. The molecule has 120 valence electrons. The Morgan fingerprint density at radius 3 is 2.64 bits per heavy atom. The topological polar surface area (TPSA) is 57.0 Å². The number of amides is 2. The summed E-state index contributed by atoms with van der Waals surface area (Å²) in [6, 6.07) is 3.42. The number of rotatable bonds is 3. The largest absolute Gasteiger partial charge is 0.464 e. The fourth-order valence-corrected chi connectivity index (χ4v) is 3.16. The lowest BCUT2D eigenvalue weighted by molar-refractivity contribution is -0.143. The van der Waals surface area contributed by atoms with Gasteiger partial charge < -0.3 is 19.1 Å². The predicted octanol–water partition coefficient (Wildman–Crippen LogP) is 0.853. The van der Waals surface area contributed by atoms with Crippen molar-refractivity contribution in [2.45, 2.75) is 32.4 Å². The summed E-state index contributed by atoms with van der Waals surface area (Å²) >= 11 is 0. The first kappa shape index (κ1) is 15.1. The smallest absolute Gasteiger partial charge is 0.245 e. The number of likely N-dealkylation sites (tertiary alicyclic amines) is 1. The average Bonchev–Trinajstić information content (AvgIpc) is 3.07. The Hall–Kier alpha value is -1.82. The molecule has 0 radical (unpaired) electrons. The Balaban J connectivity index is 1.68. The average molecular weight is 305 g/mol. The van der Waals surface area contributed by atoms with Gasteiger partial charge in [-0.2, -0.15) is 0 Å². The molecule has 0 aromatic carbocycles. The lowest BCUT2D eigenvalue weighted by Gasteiger charge is -2.35.